The Kier molecular flexibility index (Phi) is 3.85. The lowest BCUT2D eigenvalue weighted by Gasteiger charge is -2.11. The smallest absolute Gasteiger partial charge is 0.314 e. The number of ether oxygens (including phenoxy) is 1. The van der Waals surface area contributed by atoms with Gasteiger partial charge in [0, 0.05) is 6.92 Å². The van der Waals surface area contributed by atoms with Gasteiger partial charge in [-0.2, -0.15) is 0 Å². The second-order valence-corrected chi connectivity index (χ2v) is 3.10. The highest BCUT2D eigenvalue weighted by molar-refractivity contribution is 5.76. The predicted molar refractivity (Wildman–Crippen MR) is 53.5 cm³/mol. The fraction of sp³-hybridized carbons (Fsp3) is 0.273. The van der Waals surface area contributed by atoms with Gasteiger partial charge in [0.15, 0.2) is 0 Å². The Morgan fingerprint density at radius 2 is 1.93 bits per heavy atom. The van der Waals surface area contributed by atoms with Crippen LogP contribution >= 0.6 is 0 Å². The standard InChI is InChI=1S/C11H12O4/c1-8(12)15-7-10(11(13)14)9-5-3-2-4-6-9/h2-6,10H,7H2,1H3,(H,13,14)/t10-/m1/s1. The van der Waals surface area contributed by atoms with E-state index in [0.29, 0.717) is 5.56 Å². The number of carboxylic acid groups (broad SMARTS) is 1. The molecule has 0 heterocycles. The summed E-state index contributed by atoms with van der Waals surface area (Å²) in [6.45, 7) is 1.12. The molecule has 0 fully saturated rings. The Morgan fingerprint density at radius 1 is 1.33 bits per heavy atom. The van der Waals surface area contributed by atoms with Crippen LogP contribution in [0.3, 0.4) is 0 Å². The molecule has 1 N–H and O–H groups in total. The highest BCUT2D eigenvalue weighted by Crippen LogP contribution is 2.16. The summed E-state index contributed by atoms with van der Waals surface area (Å²) in [5.74, 6) is -2.27. The average molecular weight is 208 g/mol. The first-order valence-corrected chi connectivity index (χ1v) is 4.52. The first-order chi connectivity index (χ1) is 7.11. The second kappa shape index (κ2) is 5.14. The van der Waals surface area contributed by atoms with Crippen LogP contribution in [-0.2, 0) is 14.3 Å². The van der Waals surface area contributed by atoms with Crippen molar-refractivity contribution in [2.24, 2.45) is 0 Å². The van der Waals surface area contributed by atoms with Crippen LogP contribution in [0.1, 0.15) is 18.4 Å². The third-order valence-corrected chi connectivity index (χ3v) is 1.95. The van der Waals surface area contributed by atoms with E-state index < -0.39 is 17.9 Å². The first-order valence-electron chi connectivity index (χ1n) is 4.52. The lowest BCUT2D eigenvalue weighted by atomic mass is 10.0. The zero-order valence-electron chi connectivity index (χ0n) is 8.34. The van der Waals surface area contributed by atoms with Crippen molar-refractivity contribution in [3.8, 4) is 0 Å². The molecule has 0 spiro atoms. The molecule has 0 amide bonds. The highest BCUT2D eigenvalue weighted by atomic mass is 16.5. The monoisotopic (exact) mass is 208 g/mol. The van der Waals surface area contributed by atoms with Crippen molar-refractivity contribution in [3.05, 3.63) is 35.9 Å². The minimum Gasteiger partial charge on any atom is -0.481 e. The summed E-state index contributed by atoms with van der Waals surface area (Å²) in [4.78, 5) is 21.5. The Hall–Kier alpha value is -1.84. The number of hydrogen-bond acceptors (Lipinski definition) is 3. The van der Waals surface area contributed by atoms with Gasteiger partial charge in [0.1, 0.15) is 12.5 Å². The Bertz CT molecular complexity index is 345. The number of hydrogen-bond donors (Lipinski definition) is 1. The maximum atomic E-state index is 10.9. The molecule has 1 aromatic carbocycles. The van der Waals surface area contributed by atoms with Gasteiger partial charge in [-0.1, -0.05) is 30.3 Å². The number of carboxylic acids is 1. The van der Waals surface area contributed by atoms with Crippen LogP contribution in [0.15, 0.2) is 30.3 Å². The van der Waals surface area contributed by atoms with E-state index >= 15 is 0 Å². The molecule has 0 saturated carbocycles. The fourth-order valence-electron chi connectivity index (χ4n) is 1.20. The van der Waals surface area contributed by atoms with Crippen molar-refractivity contribution in [2.75, 3.05) is 6.61 Å². The van der Waals surface area contributed by atoms with Crippen LogP contribution in [0.4, 0.5) is 0 Å². The molecule has 1 atom stereocenters. The van der Waals surface area contributed by atoms with Gasteiger partial charge in [0.2, 0.25) is 0 Å². The Morgan fingerprint density at radius 3 is 2.40 bits per heavy atom. The molecule has 4 nitrogen and oxygen atoms in total. The number of benzene rings is 1. The van der Waals surface area contributed by atoms with Gasteiger partial charge in [0.05, 0.1) is 0 Å². The van der Waals surface area contributed by atoms with Gasteiger partial charge in [-0.15, -0.1) is 0 Å². The van der Waals surface area contributed by atoms with Crippen molar-refractivity contribution >= 4 is 11.9 Å². The molecule has 80 valence electrons. The molecule has 4 heteroatoms. The minimum absolute atomic E-state index is 0.130. The number of esters is 1. The Balaban J connectivity index is 2.75. The topological polar surface area (TPSA) is 63.6 Å². The Labute approximate surface area is 87.5 Å². The molecule has 0 aliphatic carbocycles. The summed E-state index contributed by atoms with van der Waals surface area (Å²) in [6.07, 6.45) is 0. The normalized spacial score (nSPS) is 11.8. The van der Waals surface area contributed by atoms with Gasteiger partial charge in [-0.3, -0.25) is 9.59 Å². The van der Waals surface area contributed by atoms with Gasteiger partial charge < -0.3 is 9.84 Å². The maximum absolute atomic E-state index is 10.9. The summed E-state index contributed by atoms with van der Waals surface area (Å²) in [6, 6.07) is 8.69. The molecule has 1 aromatic rings. The number of carbonyl (C=O) groups excluding carboxylic acids is 1. The van der Waals surface area contributed by atoms with Crippen LogP contribution < -0.4 is 0 Å². The summed E-state index contributed by atoms with van der Waals surface area (Å²) in [7, 11) is 0. The average Bonchev–Trinajstić information content (AvgIpc) is 2.18. The van der Waals surface area contributed by atoms with Crippen molar-refractivity contribution < 1.29 is 19.4 Å². The van der Waals surface area contributed by atoms with Crippen molar-refractivity contribution in [3.63, 3.8) is 0 Å². The summed E-state index contributed by atoms with van der Waals surface area (Å²) in [5, 5.41) is 8.95. The van der Waals surface area contributed by atoms with E-state index in [0.717, 1.165) is 0 Å². The van der Waals surface area contributed by atoms with Gasteiger partial charge >= 0.3 is 11.9 Å². The van der Waals surface area contributed by atoms with Crippen molar-refractivity contribution in [2.45, 2.75) is 12.8 Å². The summed E-state index contributed by atoms with van der Waals surface area (Å²) < 4.78 is 4.70. The maximum Gasteiger partial charge on any atom is 0.314 e. The van der Waals surface area contributed by atoms with Crippen LogP contribution in [0.5, 0.6) is 0 Å². The largest absolute Gasteiger partial charge is 0.481 e. The van der Waals surface area contributed by atoms with E-state index in [-0.39, 0.29) is 6.61 Å². The fourth-order valence-corrected chi connectivity index (χ4v) is 1.20. The lowest BCUT2D eigenvalue weighted by Crippen LogP contribution is -2.19. The van der Waals surface area contributed by atoms with Crippen LogP contribution in [0, 0.1) is 0 Å². The molecule has 15 heavy (non-hydrogen) atoms. The SMILES string of the molecule is CC(=O)OC[C@@H](C(=O)O)c1ccccc1. The molecule has 1 rings (SSSR count). The summed E-state index contributed by atoms with van der Waals surface area (Å²) in [5.41, 5.74) is 0.631. The molecule has 0 aliphatic heterocycles. The second-order valence-electron chi connectivity index (χ2n) is 3.10. The number of carbonyl (C=O) groups is 2. The molecule has 0 saturated heterocycles. The van der Waals surface area contributed by atoms with E-state index in [4.69, 9.17) is 9.84 Å². The quantitative estimate of drug-likeness (QED) is 0.760. The highest BCUT2D eigenvalue weighted by Gasteiger charge is 2.20. The molecule has 0 bridgehead atoms. The lowest BCUT2D eigenvalue weighted by molar-refractivity contribution is -0.146. The van der Waals surface area contributed by atoms with Crippen LogP contribution in [0.2, 0.25) is 0 Å². The molecule has 0 radical (unpaired) electrons. The third-order valence-electron chi connectivity index (χ3n) is 1.95. The van der Waals surface area contributed by atoms with E-state index in [1.54, 1.807) is 30.3 Å². The molecule has 0 aliphatic rings. The van der Waals surface area contributed by atoms with Gasteiger partial charge in [-0.25, -0.2) is 0 Å². The van der Waals surface area contributed by atoms with E-state index in [1.165, 1.54) is 6.92 Å². The minimum atomic E-state index is -0.998. The first kappa shape index (κ1) is 11.2. The van der Waals surface area contributed by atoms with Crippen molar-refractivity contribution in [1.29, 1.82) is 0 Å². The summed E-state index contributed by atoms with van der Waals surface area (Å²) >= 11 is 0. The molecular weight excluding hydrogens is 196 g/mol. The van der Waals surface area contributed by atoms with Gasteiger partial charge in [-0.05, 0) is 5.56 Å². The van der Waals surface area contributed by atoms with E-state index in [1.807, 2.05) is 0 Å². The van der Waals surface area contributed by atoms with Crippen molar-refractivity contribution in [1.82, 2.24) is 0 Å². The zero-order chi connectivity index (χ0) is 11.3. The zero-order valence-corrected chi connectivity index (χ0v) is 8.34. The molecule has 0 aromatic heterocycles. The predicted octanol–water partition coefficient (Wildman–Crippen LogP) is 1.42. The van der Waals surface area contributed by atoms with E-state index in [9.17, 15) is 9.59 Å². The van der Waals surface area contributed by atoms with Gasteiger partial charge in [0.25, 0.3) is 0 Å². The van der Waals surface area contributed by atoms with Crippen LogP contribution in [0.25, 0.3) is 0 Å². The third kappa shape index (κ3) is 3.42. The molecular formula is C11H12O4. The molecule has 0 unspecified atom stereocenters. The number of aliphatic carboxylic acids is 1. The van der Waals surface area contributed by atoms with Crippen LogP contribution in [-0.4, -0.2) is 23.7 Å². The van der Waals surface area contributed by atoms with E-state index in [2.05, 4.69) is 0 Å². The number of rotatable bonds is 4.